The summed E-state index contributed by atoms with van der Waals surface area (Å²) in [7, 11) is 2.82. The van der Waals surface area contributed by atoms with Gasteiger partial charge in [-0.25, -0.2) is 0 Å². The van der Waals surface area contributed by atoms with Crippen LogP contribution in [0.15, 0.2) is 24.3 Å². The van der Waals surface area contributed by atoms with Crippen LogP contribution < -0.4 is 0 Å². The molecular formula is C15H14O4. The second kappa shape index (κ2) is 2.84. The molecule has 2 saturated carbocycles. The number of carbonyl (C=O) groups is 2. The van der Waals surface area contributed by atoms with Gasteiger partial charge in [-0.05, 0) is 24.0 Å². The van der Waals surface area contributed by atoms with Gasteiger partial charge in [0.25, 0.3) is 0 Å². The number of benzene rings is 1. The van der Waals surface area contributed by atoms with Gasteiger partial charge in [-0.1, -0.05) is 24.3 Å². The minimum atomic E-state index is -0.605. The van der Waals surface area contributed by atoms with Gasteiger partial charge in [0.1, 0.15) is 10.8 Å². The molecule has 98 valence electrons. The second-order valence-electron chi connectivity index (χ2n) is 5.78. The quantitative estimate of drug-likeness (QED) is 0.751. The van der Waals surface area contributed by atoms with Crippen LogP contribution in [0, 0.1) is 5.41 Å². The van der Waals surface area contributed by atoms with Crippen LogP contribution in [0.2, 0.25) is 0 Å². The minimum absolute atomic E-state index is 0.219. The molecule has 0 aliphatic heterocycles. The SMILES string of the molecule is COC(=O)C12CC13CC3(C(=O)OC)c1ccccc12. The molecule has 3 aliphatic carbocycles. The average Bonchev–Trinajstić information content (AvgIpc) is 3.32. The minimum Gasteiger partial charge on any atom is -0.468 e. The van der Waals surface area contributed by atoms with E-state index < -0.39 is 10.8 Å². The van der Waals surface area contributed by atoms with Crippen molar-refractivity contribution in [2.45, 2.75) is 23.7 Å². The summed E-state index contributed by atoms with van der Waals surface area (Å²) in [4.78, 5) is 24.5. The van der Waals surface area contributed by atoms with E-state index in [0.29, 0.717) is 12.8 Å². The van der Waals surface area contributed by atoms with Crippen molar-refractivity contribution in [1.29, 1.82) is 0 Å². The summed E-state index contributed by atoms with van der Waals surface area (Å²) in [6, 6.07) is 7.70. The maximum atomic E-state index is 12.3. The van der Waals surface area contributed by atoms with Crippen LogP contribution in [-0.4, -0.2) is 26.2 Å². The zero-order valence-electron chi connectivity index (χ0n) is 10.9. The van der Waals surface area contributed by atoms with Crippen LogP contribution in [0.3, 0.4) is 0 Å². The maximum absolute atomic E-state index is 12.3. The topological polar surface area (TPSA) is 52.6 Å². The van der Waals surface area contributed by atoms with Crippen LogP contribution >= 0.6 is 0 Å². The van der Waals surface area contributed by atoms with Gasteiger partial charge >= 0.3 is 11.9 Å². The van der Waals surface area contributed by atoms with Crippen molar-refractivity contribution >= 4 is 11.9 Å². The third-order valence-corrected chi connectivity index (χ3v) is 5.43. The molecule has 0 aromatic heterocycles. The lowest BCUT2D eigenvalue weighted by molar-refractivity contribution is -0.144. The number of fused-ring (bicyclic) bond motifs is 3. The summed E-state index contributed by atoms with van der Waals surface area (Å²) in [5.41, 5.74) is 0.431. The van der Waals surface area contributed by atoms with Crippen LogP contribution in [0.25, 0.3) is 0 Å². The molecule has 19 heavy (non-hydrogen) atoms. The van der Waals surface area contributed by atoms with Gasteiger partial charge in [0, 0.05) is 5.41 Å². The first-order chi connectivity index (χ1) is 9.10. The Kier molecular flexibility index (Phi) is 1.65. The van der Waals surface area contributed by atoms with Gasteiger partial charge in [-0.2, -0.15) is 0 Å². The monoisotopic (exact) mass is 258 g/mol. The molecule has 4 nitrogen and oxygen atoms in total. The molecule has 1 spiro atoms. The van der Waals surface area contributed by atoms with Crippen LogP contribution in [-0.2, 0) is 29.9 Å². The third kappa shape index (κ3) is 0.812. The highest BCUT2D eigenvalue weighted by molar-refractivity contribution is 6.04. The molecule has 4 rings (SSSR count). The van der Waals surface area contributed by atoms with Crippen molar-refractivity contribution in [1.82, 2.24) is 0 Å². The fourth-order valence-corrected chi connectivity index (χ4v) is 4.58. The predicted molar refractivity (Wildman–Crippen MR) is 65.5 cm³/mol. The van der Waals surface area contributed by atoms with Crippen molar-refractivity contribution in [3.63, 3.8) is 0 Å². The van der Waals surface area contributed by atoms with Crippen molar-refractivity contribution in [3.05, 3.63) is 35.4 Å². The molecule has 0 radical (unpaired) electrons. The maximum Gasteiger partial charge on any atom is 0.316 e. The molecule has 4 heteroatoms. The predicted octanol–water partition coefficient (Wildman–Crippen LogP) is 1.32. The van der Waals surface area contributed by atoms with Gasteiger partial charge in [0.05, 0.1) is 14.2 Å². The first kappa shape index (κ1) is 11.0. The normalized spacial score (nSPS) is 39.7. The first-order valence-corrected chi connectivity index (χ1v) is 6.37. The number of methoxy groups -OCH3 is 2. The molecule has 0 N–H and O–H groups in total. The molecule has 2 fully saturated rings. The Morgan fingerprint density at radius 2 is 1.37 bits per heavy atom. The zero-order valence-corrected chi connectivity index (χ0v) is 10.9. The van der Waals surface area contributed by atoms with E-state index in [1.165, 1.54) is 14.2 Å². The second-order valence-corrected chi connectivity index (χ2v) is 5.78. The van der Waals surface area contributed by atoms with Crippen LogP contribution in [0.1, 0.15) is 24.0 Å². The highest BCUT2D eigenvalue weighted by atomic mass is 16.5. The standard InChI is InChI=1S/C15H14O4/c1-18-11(16)14-7-13(14)8-15(13,12(17)19-2)10-6-4-3-5-9(10)14/h3-6H,7-8H2,1-2H3. The summed E-state index contributed by atoms with van der Waals surface area (Å²) >= 11 is 0. The number of hydrogen-bond acceptors (Lipinski definition) is 4. The smallest absolute Gasteiger partial charge is 0.316 e. The first-order valence-electron chi connectivity index (χ1n) is 6.37. The Hall–Kier alpha value is -1.84. The lowest BCUT2D eigenvalue weighted by Gasteiger charge is -2.17. The number of rotatable bonds is 2. The van der Waals surface area contributed by atoms with E-state index in [9.17, 15) is 9.59 Å². The largest absolute Gasteiger partial charge is 0.468 e. The molecule has 0 amide bonds. The average molecular weight is 258 g/mol. The van der Waals surface area contributed by atoms with Gasteiger partial charge in [0.2, 0.25) is 0 Å². The number of esters is 2. The van der Waals surface area contributed by atoms with Gasteiger partial charge < -0.3 is 9.47 Å². The highest BCUT2D eigenvalue weighted by Gasteiger charge is 2.98. The van der Waals surface area contributed by atoms with Crippen LogP contribution in [0.5, 0.6) is 0 Å². The van der Waals surface area contributed by atoms with E-state index in [4.69, 9.17) is 9.47 Å². The Bertz CT molecular complexity index is 580. The lowest BCUT2D eigenvalue weighted by atomic mass is 9.89. The summed E-state index contributed by atoms with van der Waals surface area (Å²) < 4.78 is 9.99. The molecule has 2 atom stereocenters. The summed E-state index contributed by atoms with van der Waals surface area (Å²) in [6.07, 6.45) is 1.41. The Balaban J connectivity index is 1.96. The molecule has 0 bridgehead atoms. The van der Waals surface area contributed by atoms with E-state index in [2.05, 4.69) is 0 Å². The van der Waals surface area contributed by atoms with Crippen molar-refractivity contribution in [2.75, 3.05) is 14.2 Å². The Morgan fingerprint density at radius 1 is 0.947 bits per heavy atom. The number of hydrogen-bond donors (Lipinski definition) is 0. The van der Waals surface area contributed by atoms with Gasteiger partial charge in [-0.3, -0.25) is 9.59 Å². The fraction of sp³-hybridized carbons (Fsp3) is 0.467. The summed E-state index contributed by atoms with van der Waals surface area (Å²) in [6.45, 7) is 0. The number of ether oxygens (including phenoxy) is 2. The highest BCUT2D eigenvalue weighted by Crippen LogP contribution is 2.92. The molecule has 3 aliphatic rings. The van der Waals surface area contributed by atoms with Crippen molar-refractivity contribution in [2.24, 2.45) is 5.41 Å². The van der Waals surface area contributed by atoms with Gasteiger partial charge in [-0.15, -0.1) is 0 Å². The molecule has 0 saturated heterocycles. The lowest BCUT2D eigenvalue weighted by Crippen LogP contribution is -2.24. The van der Waals surface area contributed by atoms with E-state index in [1.54, 1.807) is 0 Å². The van der Waals surface area contributed by atoms with E-state index >= 15 is 0 Å². The zero-order chi connectivity index (χ0) is 13.5. The molecule has 0 heterocycles. The molecule has 2 unspecified atom stereocenters. The molecule has 1 aromatic rings. The van der Waals surface area contributed by atoms with E-state index in [1.807, 2.05) is 24.3 Å². The Labute approximate surface area is 110 Å². The van der Waals surface area contributed by atoms with E-state index in [0.717, 1.165) is 11.1 Å². The van der Waals surface area contributed by atoms with Crippen LogP contribution in [0.4, 0.5) is 0 Å². The van der Waals surface area contributed by atoms with Crippen molar-refractivity contribution < 1.29 is 19.1 Å². The number of carbonyl (C=O) groups excluding carboxylic acids is 2. The molecular weight excluding hydrogens is 244 g/mol. The summed E-state index contributed by atoms with van der Waals surface area (Å²) in [5.74, 6) is -0.438. The fourth-order valence-electron chi connectivity index (χ4n) is 4.58. The molecule has 1 aromatic carbocycles. The van der Waals surface area contributed by atoms with E-state index in [-0.39, 0.29) is 17.4 Å². The Morgan fingerprint density at radius 3 is 1.74 bits per heavy atom. The van der Waals surface area contributed by atoms with Crippen molar-refractivity contribution in [3.8, 4) is 0 Å². The third-order valence-electron chi connectivity index (χ3n) is 5.43. The summed E-state index contributed by atoms with van der Waals surface area (Å²) in [5, 5.41) is 0. The van der Waals surface area contributed by atoms with Gasteiger partial charge in [0.15, 0.2) is 0 Å².